The normalized spacial score (nSPS) is 13.9. The summed E-state index contributed by atoms with van der Waals surface area (Å²) in [5.41, 5.74) is 6.87. The van der Waals surface area contributed by atoms with Gasteiger partial charge in [-0.1, -0.05) is 96.3 Å². The third-order valence-electron chi connectivity index (χ3n) is 7.68. The number of hydrogen-bond donors (Lipinski definition) is 6. The highest BCUT2D eigenvalue weighted by atomic mass is 31.2. The van der Waals surface area contributed by atoms with Gasteiger partial charge >= 0.3 is 7.60 Å². The van der Waals surface area contributed by atoms with Crippen LogP contribution in [0.15, 0.2) is 11.0 Å². The van der Waals surface area contributed by atoms with Gasteiger partial charge in [-0.05, 0) is 19.8 Å². The fraction of sp³-hybridized carbons (Fsp3) is 0.806. The Morgan fingerprint density at radius 3 is 1.98 bits per heavy atom. The average molecular weight is 628 g/mol. The smallest absolute Gasteiger partial charge is 0.333 e. The SMILES string of the molecule is CCOP(=O)(C[C@H](O)CNCc1c[nH]c2c(=O)[nH]c(N)nc12)OCCCCCCCCCCCCCCCCCCCO. The first-order chi connectivity index (χ1) is 20.9. The van der Waals surface area contributed by atoms with E-state index in [-0.39, 0.29) is 30.8 Å². The van der Waals surface area contributed by atoms with E-state index < -0.39 is 13.7 Å². The van der Waals surface area contributed by atoms with Gasteiger partial charge in [-0.25, -0.2) is 4.98 Å². The number of nitrogens with one attached hydrogen (secondary N) is 3. The van der Waals surface area contributed by atoms with Crippen molar-refractivity contribution in [2.45, 2.75) is 129 Å². The lowest BCUT2D eigenvalue weighted by Crippen LogP contribution is -2.29. The Morgan fingerprint density at radius 1 is 0.907 bits per heavy atom. The molecule has 2 rings (SSSR count). The predicted molar refractivity (Wildman–Crippen MR) is 174 cm³/mol. The van der Waals surface area contributed by atoms with Gasteiger partial charge in [-0.15, -0.1) is 0 Å². The Morgan fingerprint density at radius 2 is 1.44 bits per heavy atom. The summed E-state index contributed by atoms with van der Waals surface area (Å²) in [6.45, 7) is 3.23. The minimum atomic E-state index is -3.40. The van der Waals surface area contributed by atoms with Crippen molar-refractivity contribution in [3.63, 3.8) is 0 Å². The second-order valence-corrected chi connectivity index (χ2v) is 13.7. The number of aromatic amines is 2. The molecule has 0 amide bonds. The molecule has 248 valence electrons. The van der Waals surface area contributed by atoms with Gasteiger partial charge in [0.05, 0.1) is 25.5 Å². The van der Waals surface area contributed by atoms with Crippen LogP contribution in [-0.4, -0.2) is 63.8 Å². The Kier molecular flexibility index (Phi) is 19.8. The first-order valence-corrected chi connectivity index (χ1v) is 18.3. The minimum absolute atomic E-state index is 0.0403. The van der Waals surface area contributed by atoms with Crippen molar-refractivity contribution >= 4 is 24.6 Å². The van der Waals surface area contributed by atoms with E-state index in [1.807, 2.05) is 0 Å². The molecule has 0 fully saturated rings. The first kappa shape index (κ1) is 37.4. The molecular weight excluding hydrogens is 569 g/mol. The first-order valence-electron chi connectivity index (χ1n) is 16.6. The lowest BCUT2D eigenvalue weighted by Gasteiger charge is -2.21. The fourth-order valence-electron chi connectivity index (χ4n) is 5.32. The van der Waals surface area contributed by atoms with Crippen molar-refractivity contribution in [1.29, 1.82) is 0 Å². The number of aliphatic hydroxyl groups is 2. The number of rotatable bonds is 28. The van der Waals surface area contributed by atoms with E-state index in [0.717, 1.165) is 31.2 Å². The van der Waals surface area contributed by atoms with Crippen LogP contribution in [0.4, 0.5) is 5.95 Å². The van der Waals surface area contributed by atoms with E-state index in [1.54, 1.807) is 13.1 Å². The molecule has 0 aromatic carbocycles. The Labute approximate surface area is 257 Å². The summed E-state index contributed by atoms with van der Waals surface area (Å²) in [6.07, 6.45) is 21.6. The van der Waals surface area contributed by atoms with Crippen LogP contribution in [0.2, 0.25) is 0 Å². The molecular formula is C31H58N5O6P. The average Bonchev–Trinajstić information content (AvgIpc) is 3.37. The van der Waals surface area contributed by atoms with E-state index in [0.29, 0.717) is 30.8 Å². The number of nitrogen functional groups attached to an aromatic ring is 1. The Bertz CT molecular complexity index is 1090. The summed E-state index contributed by atoms with van der Waals surface area (Å²) in [4.78, 5) is 21.5. The molecule has 2 aromatic heterocycles. The molecule has 0 spiro atoms. The lowest BCUT2D eigenvalue weighted by molar-refractivity contribution is 0.162. The molecule has 2 atom stereocenters. The zero-order valence-electron chi connectivity index (χ0n) is 26.4. The summed E-state index contributed by atoms with van der Waals surface area (Å²) in [6, 6.07) is 0. The van der Waals surface area contributed by atoms with Gasteiger partial charge < -0.3 is 35.3 Å². The number of nitrogens with zero attached hydrogens (tertiary/aromatic N) is 1. The third kappa shape index (κ3) is 16.2. The molecule has 12 heteroatoms. The Balaban J connectivity index is 1.47. The highest BCUT2D eigenvalue weighted by Gasteiger charge is 2.28. The highest BCUT2D eigenvalue weighted by molar-refractivity contribution is 7.53. The van der Waals surface area contributed by atoms with Crippen LogP contribution in [0.3, 0.4) is 0 Å². The maximum absolute atomic E-state index is 13.1. The zero-order chi connectivity index (χ0) is 31.2. The van der Waals surface area contributed by atoms with Gasteiger partial charge in [0.15, 0.2) is 0 Å². The lowest BCUT2D eigenvalue weighted by atomic mass is 10.0. The van der Waals surface area contributed by atoms with Gasteiger partial charge in [0.25, 0.3) is 5.56 Å². The maximum atomic E-state index is 13.1. The van der Waals surface area contributed by atoms with E-state index in [9.17, 15) is 14.5 Å². The summed E-state index contributed by atoms with van der Waals surface area (Å²) in [5, 5.41) is 22.4. The maximum Gasteiger partial charge on any atom is 0.333 e. The van der Waals surface area contributed by atoms with Gasteiger partial charge in [0.2, 0.25) is 5.95 Å². The highest BCUT2D eigenvalue weighted by Crippen LogP contribution is 2.48. The largest absolute Gasteiger partial charge is 0.396 e. The molecule has 11 nitrogen and oxygen atoms in total. The molecule has 2 aromatic rings. The van der Waals surface area contributed by atoms with Crippen molar-refractivity contribution in [2.75, 3.05) is 38.3 Å². The van der Waals surface area contributed by atoms with Crippen molar-refractivity contribution < 1.29 is 23.8 Å². The van der Waals surface area contributed by atoms with E-state index >= 15 is 0 Å². The van der Waals surface area contributed by atoms with Crippen LogP contribution in [0.25, 0.3) is 11.0 Å². The topological polar surface area (TPSA) is 176 Å². The molecule has 0 saturated heterocycles. The van der Waals surface area contributed by atoms with Crippen LogP contribution in [0.1, 0.15) is 122 Å². The molecule has 0 aliphatic carbocycles. The van der Waals surface area contributed by atoms with E-state index in [4.69, 9.17) is 19.9 Å². The van der Waals surface area contributed by atoms with Crippen molar-refractivity contribution in [2.24, 2.45) is 0 Å². The van der Waals surface area contributed by atoms with Crippen LogP contribution in [-0.2, 0) is 20.2 Å². The van der Waals surface area contributed by atoms with Crippen LogP contribution < -0.4 is 16.6 Å². The standard InChI is InChI=1S/C31H58N5O6P/c1-2-41-43(40,25-27(38)24-33-22-26-23-34-29-28(26)35-31(32)36-30(29)39)42-21-19-17-15-13-11-9-7-5-3-4-6-8-10-12-14-16-18-20-37/h23,27,33-34,37-38H,2-22,24-25H2,1H3,(H3,32,35,36,39)/t27-,43?/m1/s1. The monoisotopic (exact) mass is 627 g/mol. The molecule has 0 radical (unpaired) electrons. The number of fused-ring (bicyclic) bond motifs is 1. The number of aliphatic hydroxyl groups excluding tert-OH is 2. The zero-order valence-corrected chi connectivity index (χ0v) is 27.3. The number of H-pyrrole nitrogens is 2. The second-order valence-electron chi connectivity index (χ2n) is 11.6. The van der Waals surface area contributed by atoms with Crippen molar-refractivity contribution in [1.82, 2.24) is 20.3 Å². The molecule has 1 unspecified atom stereocenters. The predicted octanol–water partition coefficient (Wildman–Crippen LogP) is 6.15. The van der Waals surface area contributed by atoms with Gasteiger partial charge in [-0.3, -0.25) is 14.3 Å². The molecule has 0 aliphatic heterocycles. The molecule has 0 saturated carbocycles. The third-order valence-corrected chi connectivity index (χ3v) is 9.77. The van der Waals surface area contributed by atoms with Crippen LogP contribution in [0, 0.1) is 0 Å². The number of unbranched alkanes of at least 4 members (excludes halogenated alkanes) is 16. The summed E-state index contributed by atoms with van der Waals surface area (Å²) in [7, 11) is -3.40. The molecule has 43 heavy (non-hydrogen) atoms. The van der Waals surface area contributed by atoms with Crippen molar-refractivity contribution in [3.05, 3.63) is 22.1 Å². The Hall–Kier alpha value is -1.75. The van der Waals surface area contributed by atoms with Gasteiger partial charge in [0.1, 0.15) is 11.0 Å². The minimum Gasteiger partial charge on any atom is -0.396 e. The quantitative estimate of drug-likeness (QED) is 0.0477. The van der Waals surface area contributed by atoms with E-state index in [1.165, 1.54) is 83.5 Å². The number of anilines is 1. The molecule has 0 bridgehead atoms. The number of nitrogens with two attached hydrogens (primary N) is 1. The second kappa shape index (κ2) is 22.7. The van der Waals surface area contributed by atoms with Gasteiger partial charge in [0, 0.05) is 31.5 Å². The van der Waals surface area contributed by atoms with Gasteiger partial charge in [-0.2, -0.15) is 0 Å². The molecule has 0 aliphatic rings. The molecule has 7 N–H and O–H groups in total. The summed E-state index contributed by atoms with van der Waals surface area (Å²) in [5.74, 6) is 0.0403. The number of hydrogen-bond acceptors (Lipinski definition) is 9. The molecule has 2 heterocycles. The van der Waals surface area contributed by atoms with Crippen LogP contribution in [0.5, 0.6) is 0 Å². The van der Waals surface area contributed by atoms with E-state index in [2.05, 4.69) is 20.3 Å². The number of aromatic nitrogens is 3. The summed E-state index contributed by atoms with van der Waals surface area (Å²) >= 11 is 0. The van der Waals surface area contributed by atoms with Crippen molar-refractivity contribution in [3.8, 4) is 0 Å². The fourth-order valence-corrected chi connectivity index (χ4v) is 7.06. The van der Waals surface area contributed by atoms with Crippen LogP contribution >= 0.6 is 7.60 Å². The summed E-state index contributed by atoms with van der Waals surface area (Å²) < 4.78 is 24.3.